The maximum Gasteiger partial charge on any atom is 0.416 e. The lowest BCUT2D eigenvalue weighted by Crippen LogP contribution is -2.39. The highest BCUT2D eigenvalue weighted by molar-refractivity contribution is 6.31. The molecule has 12 heteroatoms. The molecule has 202 valence electrons. The van der Waals surface area contributed by atoms with E-state index in [0.717, 1.165) is 42.0 Å². The number of carbonyl (C=O) groups excluding carboxylic acids is 1. The summed E-state index contributed by atoms with van der Waals surface area (Å²) >= 11 is 5.92. The third kappa shape index (κ3) is 8.17. The number of guanidine groups is 1. The summed E-state index contributed by atoms with van der Waals surface area (Å²) in [5.74, 6) is -1.07. The summed E-state index contributed by atoms with van der Waals surface area (Å²) in [6.45, 7) is 1.90. The first-order valence-electron chi connectivity index (χ1n) is 11.3. The molecule has 38 heavy (non-hydrogen) atoms. The van der Waals surface area contributed by atoms with Crippen LogP contribution in [0.5, 0.6) is 5.75 Å². The molecule has 0 aliphatic rings. The van der Waals surface area contributed by atoms with Crippen molar-refractivity contribution in [1.82, 2.24) is 10.8 Å². The summed E-state index contributed by atoms with van der Waals surface area (Å²) in [5, 5.41) is 15.0. The summed E-state index contributed by atoms with van der Waals surface area (Å²) in [5.41, 5.74) is 2.16. The number of hydroxylamine groups is 1. The van der Waals surface area contributed by atoms with Crippen LogP contribution in [-0.2, 0) is 6.18 Å². The van der Waals surface area contributed by atoms with Crippen LogP contribution in [0.4, 0.5) is 23.2 Å². The van der Waals surface area contributed by atoms with Crippen LogP contribution in [-0.4, -0.2) is 30.3 Å². The average molecular weight is 553 g/mol. The van der Waals surface area contributed by atoms with Crippen LogP contribution < -0.4 is 20.9 Å². The van der Waals surface area contributed by atoms with Crippen molar-refractivity contribution in [2.45, 2.75) is 31.6 Å². The number of hydrogen-bond acceptors (Lipinski definition) is 5. The van der Waals surface area contributed by atoms with Gasteiger partial charge in [0.1, 0.15) is 17.7 Å². The first-order valence-corrected chi connectivity index (χ1v) is 11.7. The van der Waals surface area contributed by atoms with Gasteiger partial charge in [-0.1, -0.05) is 30.7 Å². The molecule has 2 atom stereocenters. The normalized spacial score (nSPS) is 13.5. The smallest absolute Gasteiger partial charge is 0.416 e. The number of ether oxygens (including phenoxy) is 1. The second-order valence-electron chi connectivity index (χ2n) is 8.34. The van der Waals surface area contributed by atoms with Crippen molar-refractivity contribution in [3.8, 4) is 5.75 Å². The molecule has 3 aromatic rings. The quantitative estimate of drug-likeness (QED) is 0.115. The van der Waals surface area contributed by atoms with E-state index in [2.05, 4.69) is 21.1 Å². The van der Waals surface area contributed by atoms with Crippen LogP contribution in [0.1, 0.15) is 40.7 Å². The molecule has 0 heterocycles. The molecule has 0 fully saturated rings. The molecule has 0 bridgehead atoms. The molecular weight excluding hydrogens is 528 g/mol. The van der Waals surface area contributed by atoms with Crippen molar-refractivity contribution in [1.29, 1.82) is 0 Å². The third-order valence-electron chi connectivity index (χ3n) is 5.53. The minimum absolute atomic E-state index is 0.0749. The predicted molar refractivity (Wildman–Crippen MR) is 136 cm³/mol. The van der Waals surface area contributed by atoms with Crippen molar-refractivity contribution in [2.24, 2.45) is 4.99 Å². The number of alkyl halides is 3. The van der Waals surface area contributed by atoms with Crippen LogP contribution in [0.2, 0.25) is 5.02 Å². The lowest BCUT2D eigenvalue weighted by Gasteiger charge is -2.20. The summed E-state index contributed by atoms with van der Waals surface area (Å²) in [7, 11) is 1.55. The number of amides is 1. The molecule has 0 aliphatic heterocycles. The van der Waals surface area contributed by atoms with Crippen molar-refractivity contribution >= 4 is 29.2 Å². The topological polar surface area (TPSA) is 95.0 Å². The molecule has 7 nitrogen and oxygen atoms in total. The van der Waals surface area contributed by atoms with Crippen LogP contribution in [0.25, 0.3) is 0 Å². The van der Waals surface area contributed by atoms with Gasteiger partial charge in [0.05, 0.1) is 12.7 Å². The number of anilines is 1. The zero-order valence-corrected chi connectivity index (χ0v) is 21.1. The highest BCUT2D eigenvalue weighted by Crippen LogP contribution is 2.29. The number of methoxy groups -OCH3 is 1. The molecule has 0 aromatic heterocycles. The Bertz CT molecular complexity index is 1250. The molecule has 3 rings (SSSR count). The first-order chi connectivity index (χ1) is 18.0. The summed E-state index contributed by atoms with van der Waals surface area (Å²) < 4.78 is 57.7. The van der Waals surface area contributed by atoms with E-state index in [1.807, 2.05) is 19.1 Å². The Labute approximate surface area is 221 Å². The monoisotopic (exact) mass is 552 g/mol. The number of aliphatic imine (C=N–C) groups is 1. The molecule has 0 radical (unpaired) electrons. The van der Waals surface area contributed by atoms with Gasteiger partial charge in [-0.25, -0.2) is 9.38 Å². The SMILES string of the molecule is COc1ccc(C(C)CC(N=C(NC(=O)c2ccc(C(F)(F)F)cc2)Nc2cc(F)cc(Cl)c2)NO)cc1. The molecule has 0 spiro atoms. The standard InChI is InChI=1S/C26H25ClF4N4O3/c1-15(16-5-9-22(38-2)10-6-16)11-23(35-37)33-25(32-21-13-19(27)12-20(28)14-21)34-24(36)17-3-7-18(8-4-17)26(29,30)31/h3-10,12-15,23,35,37H,11H2,1-2H3,(H2,32,33,34,36). The van der Waals surface area contributed by atoms with Gasteiger partial charge in [0.15, 0.2) is 0 Å². The highest BCUT2D eigenvalue weighted by Gasteiger charge is 2.30. The summed E-state index contributed by atoms with van der Waals surface area (Å²) in [6.07, 6.45) is -5.22. The van der Waals surface area contributed by atoms with E-state index in [0.29, 0.717) is 5.75 Å². The zero-order valence-electron chi connectivity index (χ0n) is 20.3. The maximum atomic E-state index is 13.9. The van der Waals surface area contributed by atoms with E-state index in [-0.39, 0.29) is 34.6 Å². The first kappa shape index (κ1) is 28.9. The van der Waals surface area contributed by atoms with Gasteiger partial charge in [0.2, 0.25) is 5.96 Å². The Morgan fingerprint density at radius 2 is 1.74 bits per heavy atom. The van der Waals surface area contributed by atoms with E-state index in [1.165, 1.54) is 6.07 Å². The van der Waals surface area contributed by atoms with Gasteiger partial charge in [-0.3, -0.25) is 10.1 Å². The molecule has 0 saturated carbocycles. The summed E-state index contributed by atoms with van der Waals surface area (Å²) in [6, 6.07) is 14.5. The van der Waals surface area contributed by atoms with Crippen molar-refractivity contribution in [3.63, 3.8) is 0 Å². The number of rotatable bonds is 8. The predicted octanol–water partition coefficient (Wildman–Crippen LogP) is 6.20. The maximum absolute atomic E-state index is 13.9. The fraction of sp³-hybridized carbons (Fsp3) is 0.231. The van der Waals surface area contributed by atoms with Gasteiger partial charge in [-0.2, -0.15) is 18.7 Å². The van der Waals surface area contributed by atoms with E-state index in [4.69, 9.17) is 16.3 Å². The fourth-order valence-corrected chi connectivity index (χ4v) is 3.76. The van der Waals surface area contributed by atoms with Gasteiger partial charge in [-0.05, 0) is 72.5 Å². The van der Waals surface area contributed by atoms with Crippen LogP contribution in [0.3, 0.4) is 0 Å². The van der Waals surface area contributed by atoms with Gasteiger partial charge >= 0.3 is 6.18 Å². The van der Waals surface area contributed by atoms with Gasteiger partial charge in [-0.15, -0.1) is 0 Å². The summed E-state index contributed by atoms with van der Waals surface area (Å²) in [4.78, 5) is 17.1. The Hall–Kier alpha value is -3.67. The second-order valence-corrected chi connectivity index (χ2v) is 8.78. The van der Waals surface area contributed by atoms with Gasteiger partial charge < -0.3 is 15.3 Å². The van der Waals surface area contributed by atoms with Crippen molar-refractivity contribution in [2.75, 3.05) is 12.4 Å². The number of benzene rings is 3. The van der Waals surface area contributed by atoms with Crippen LogP contribution >= 0.6 is 11.6 Å². The highest BCUT2D eigenvalue weighted by atomic mass is 35.5. The van der Waals surface area contributed by atoms with Crippen molar-refractivity contribution in [3.05, 3.63) is 94.3 Å². The Kier molecular flexibility index (Phi) is 9.67. The number of halogens is 5. The lowest BCUT2D eigenvalue weighted by atomic mass is 9.96. The second kappa shape index (κ2) is 12.7. The Balaban J connectivity index is 1.85. The Morgan fingerprint density at radius 3 is 2.29 bits per heavy atom. The number of hydrogen-bond donors (Lipinski definition) is 4. The van der Waals surface area contributed by atoms with E-state index in [9.17, 15) is 27.6 Å². The third-order valence-corrected chi connectivity index (χ3v) is 5.75. The zero-order chi connectivity index (χ0) is 27.9. The number of carbonyl (C=O) groups is 1. The number of nitrogens with zero attached hydrogens (tertiary/aromatic N) is 1. The van der Waals surface area contributed by atoms with Crippen LogP contribution in [0.15, 0.2) is 71.7 Å². The van der Waals surface area contributed by atoms with E-state index in [1.54, 1.807) is 19.2 Å². The molecule has 0 aliphatic carbocycles. The molecule has 1 amide bonds. The minimum atomic E-state index is -4.56. The largest absolute Gasteiger partial charge is 0.497 e. The lowest BCUT2D eigenvalue weighted by molar-refractivity contribution is -0.137. The minimum Gasteiger partial charge on any atom is -0.497 e. The molecule has 4 N–H and O–H groups in total. The van der Waals surface area contributed by atoms with Gasteiger partial charge in [0.25, 0.3) is 5.91 Å². The molecule has 3 aromatic carbocycles. The average Bonchev–Trinajstić information content (AvgIpc) is 2.87. The van der Waals surface area contributed by atoms with E-state index < -0.39 is 29.6 Å². The van der Waals surface area contributed by atoms with Gasteiger partial charge in [0, 0.05) is 16.3 Å². The molecular formula is C26H25ClF4N4O3. The Morgan fingerprint density at radius 1 is 1.08 bits per heavy atom. The van der Waals surface area contributed by atoms with Crippen LogP contribution in [0, 0.1) is 5.82 Å². The fourth-order valence-electron chi connectivity index (χ4n) is 3.54. The number of nitrogens with one attached hydrogen (secondary N) is 3. The van der Waals surface area contributed by atoms with E-state index >= 15 is 0 Å². The molecule has 0 saturated heterocycles. The molecule has 2 unspecified atom stereocenters. The van der Waals surface area contributed by atoms with Crippen molar-refractivity contribution < 1.29 is 32.3 Å².